The minimum absolute atomic E-state index is 0.105. The first-order chi connectivity index (χ1) is 8.52. The van der Waals surface area contributed by atoms with E-state index in [-0.39, 0.29) is 10.6 Å². The highest BCUT2D eigenvalue weighted by atomic mass is 32.2. The molecule has 1 heterocycles. The number of hydrogen-bond acceptors (Lipinski definition) is 5. The van der Waals surface area contributed by atoms with Gasteiger partial charge in [0, 0.05) is 19.8 Å². The second kappa shape index (κ2) is 6.44. The lowest BCUT2D eigenvalue weighted by Crippen LogP contribution is -2.29. The van der Waals surface area contributed by atoms with Crippen LogP contribution in [0.25, 0.3) is 0 Å². The van der Waals surface area contributed by atoms with Crippen LogP contribution in [0.5, 0.6) is 0 Å². The number of nitrogens with one attached hydrogen (secondary N) is 1. The molecular formula is C11H16N4O2S. The Balaban J connectivity index is 2.81. The second-order valence-electron chi connectivity index (χ2n) is 3.77. The number of hydrogen-bond donors (Lipinski definition) is 1. The van der Waals surface area contributed by atoms with E-state index in [4.69, 9.17) is 5.26 Å². The Kier molecular flexibility index (Phi) is 5.22. The van der Waals surface area contributed by atoms with Crippen LogP contribution in [0.1, 0.15) is 12.1 Å². The Labute approximate surface area is 107 Å². The van der Waals surface area contributed by atoms with Gasteiger partial charge in [-0.3, -0.25) is 0 Å². The number of nitrogens with zero attached hydrogens (tertiary/aromatic N) is 3. The van der Waals surface area contributed by atoms with Crippen LogP contribution >= 0.6 is 0 Å². The van der Waals surface area contributed by atoms with E-state index in [1.807, 2.05) is 13.1 Å². The van der Waals surface area contributed by atoms with Crippen LogP contribution in [0, 0.1) is 11.3 Å². The summed E-state index contributed by atoms with van der Waals surface area (Å²) >= 11 is 0. The van der Waals surface area contributed by atoms with Crippen LogP contribution in [-0.2, 0) is 10.0 Å². The van der Waals surface area contributed by atoms with Crippen molar-refractivity contribution in [1.82, 2.24) is 14.6 Å². The normalized spacial score (nSPS) is 11.4. The number of sulfonamides is 1. The van der Waals surface area contributed by atoms with Crippen LogP contribution < -0.4 is 5.32 Å². The molecule has 0 spiro atoms. The third-order valence-corrected chi connectivity index (χ3v) is 4.30. The van der Waals surface area contributed by atoms with Crippen molar-refractivity contribution in [2.45, 2.75) is 11.3 Å². The van der Waals surface area contributed by atoms with Gasteiger partial charge in [-0.2, -0.15) is 5.26 Å². The highest BCUT2D eigenvalue weighted by Crippen LogP contribution is 2.13. The third-order valence-electron chi connectivity index (χ3n) is 2.46. The Morgan fingerprint density at radius 2 is 2.22 bits per heavy atom. The van der Waals surface area contributed by atoms with E-state index in [1.54, 1.807) is 0 Å². The summed E-state index contributed by atoms with van der Waals surface area (Å²) in [5, 5.41) is 11.6. The summed E-state index contributed by atoms with van der Waals surface area (Å²) in [6.45, 7) is 1.19. The van der Waals surface area contributed by atoms with E-state index >= 15 is 0 Å². The minimum Gasteiger partial charge on any atom is -0.320 e. The van der Waals surface area contributed by atoms with Gasteiger partial charge < -0.3 is 5.32 Å². The molecule has 0 aliphatic rings. The molecule has 0 radical (unpaired) electrons. The number of pyridine rings is 1. The van der Waals surface area contributed by atoms with Crippen LogP contribution in [-0.4, -0.2) is 44.9 Å². The highest BCUT2D eigenvalue weighted by molar-refractivity contribution is 7.89. The molecule has 0 atom stereocenters. The van der Waals surface area contributed by atoms with Gasteiger partial charge in [0.25, 0.3) is 0 Å². The number of rotatable bonds is 6. The van der Waals surface area contributed by atoms with E-state index in [0.717, 1.165) is 13.0 Å². The van der Waals surface area contributed by atoms with E-state index in [1.165, 1.54) is 29.7 Å². The predicted octanol–water partition coefficient (Wildman–Crippen LogP) is 0.183. The quantitative estimate of drug-likeness (QED) is 0.744. The molecule has 7 heteroatoms. The van der Waals surface area contributed by atoms with Gasteiger partial charge in [-0.1, -0.05) is 0 Å². The molecule has 0 aliphatic heterocycles. The lowest BCUT2D eigenvalue weighted by atomic mass is 10.4. The highest BCUT2D eigenvalue weighted by Gasteiger charge is 2.20. The van der Waals surface area contributed by atoms with Gasteiger partial charge in [-0.25, -0.2) is 17.7 Å². The fourth-order valence-corrected chi connectivity index (χ4v) is 2.53. The molecule has 0 unspecified atom stereocenters. The van der Waals surface area contributed by atoms with Crippen molar-refractivity contribution in [3.05, 3.63) is 24.0 Å². The standard InChI is InChI=1S/C11H16N4O2S/c1-13-6-3-7-15(2)18(16,17)11-5-4-10(8-12)14-9-11/h4-5,9,13H,3,6-7H2,1-2H3. The number of aromatic nitrogens is 1. The summed E-state index contributed by atoms with van der Waals surface area (Å²) in [6.07, 6.45) is 1.94. The van der Waals surface area contributed by atoms with Crippen molar-refractivity contribution in [2.75, 3.05) is 27.2 Å². The Bertz CT molecular complexity index is 519. The topological polar surface area (TPSA) is 86.1 Å². The summed E-state index contributed by atoms with van der Waals surface area (Å²) in [5.41, 5.74) is 0.201. The van der Waals surface area contributed by atoms with Crippen molar-refractivity contribution < 1.29 is 8.42 Å². The molecule has 1 aromatic rings. The summed E-state index contributed by atoms with van der Waals surface area (Å²) in [6, 6.07) is 4.64. The molecule has 1 N–H and O–H groups in total. The van der Waals surface area contributed by atoms with Gasteiger partial charge in [-0.05, 0) is 32.1 Å². The Morgan fingerprint density at radius 3 is 2.72 bits per heavy atom. The first-order valence-corrected chi connectivity index (χ1v) is 6.93. The first kappa shape index (κ1) is 14.6. The fourth-order valence-electron chi connectivity index (χ4n) is 1.38. The monoisotopic (exact) mass is 268 g/mol. The van der Waals surface area contributed by atoms with Gasteiger partial charge in [-0.15, -0.1) is 0 Å². The van der Waals surface area contributed by atoms with Crippen LogP contribution in [0.4, 0.5) is 0 Å². The Hall–Kier alpha value is -1.49. The Morgan fingerprint density at radius 1 is 1.50 bits per heavy atom. The number of nitriles is 1. The molecular weight excluding hydrogens is 252 g/mol. The fraction of sp³-hybridized carbons (Fsp3) is 0.455. The lowest BCUT2D eigenvalue weighted by Gasteiger charge is -2.16. The first-order valence-electron chi connectivity index (χ1n) is 5.49. The molecule has 6 nitrogen and oxygen atoms in total. The minimum atomic E-state index is -3.51. The van der Waals surface area contributed by atoms with Crippen molar-refractivity contribution in [1.29, 1.82) is 5.26 Å². The van der Waals surface area contributed by atoms with E-state index in [0.29, 0.717) is 6.54 Å². The second-order valence-corrected chi connectivity index (χ2v) is 5.82. The molecule has 0 aromatic carbocycles. The van der Waals surface area contributed by atoms with Gasteiger partial charge >= 0.3 is 0 Å². The zero-order valence-corrected chi connectivity index (χ0v) is 11.2. The van der Waals surface area contributed by atoms with Crippen molar-refractivity contribution in [2.24, 2.45) is 0 Å². The molecule has 0 bridgehead atoms. The molecule has 0 saturated heterocycles. The molecule has 1 aromatic heterocycles. The third kappa shape index (κ3) is 3.50. The molecule has 0 aliphatic carbocycles. The summed E-state index contributed by atoms with van der Waals surface area (Å²) < 4.78 is 25.5. The maximum Gasteiger partial charge on any atom is 0.244 e. The van der Waals surface area contributed by atoms with Crippen LogP contribution in [0.2, 0.25) is 0 Å². The zero-order chi connectivity index (χ0) is 13.6. The molecule has 1 rings (SSSR count). The summed E-state index contributed by atoms with van der Waals surface area (Å²) in [4.78, 5) is 3.87. The predicted molar refractivity (Wildman–Crippen MR) is 67.3 cm³/mol. The van der Waals surface area contributed by atoms with Gasteiger partial charge in [0.1, 0.15) is 16.7 Å². The van der Waals surface area contributed by atoms with Crippen LogP contribution in [0.3, 0.4) is 0 Å². The van der Waals surface area contributed by atoms with Gasteiger partial charge in [0.05, 0.1) is 0 Å². The summed E-state index contributed by atoms with van der Waals surface area (Å²) in [5.74, 6) is 0. The molecule has 98 valence electrons. The average molecular weight is 268 g/mol. The maximum atomic E-state index is 12.1. The van der Waals surface area contributed by atoms with Crippen LogP contribution in [0.15, 0.2) is 23.2 Å². The molecule has 18 heavy (non-hydrogen) atoms. The average Bonchev–Trinajstić information content (AvgIpc) is 2.39. The lowest BCUT2D eigenvalue weighted by molar-refractivity contribution is 0.458. The van der Waals surface area contributed by atoms with Crippen molar-refractivity contribution in [3.8, 4) is 6.07 Å². The van der Waals surface area contributed by atoms with E-state index in [9.17, 15) is 8.42 Å². The SMILES string of the molecule is CNCCCN(C)S(=O)(=O)c1ccc(C#N)nc1. The smallest absolute Gasteiger partial charge is 0.244 e. The van der Waals surface area contributed by atoms with E-state index < -0.39 is 10.0 Å². The zero-order valence-electron chi connectivity index (χ0n) is 10.4. The molecule has 0 fully saturated rings. The van der Waals surface area contributed by atoms with Crippen molar-refractivity contribution >= 4 is 10.0 Å². The van der Waals surface area contributed by atoms with Gasteiger partial charge in [0.2, 0.25) is 10.0 Å². The molecule has 0 saturated carbocycles. The van der Waals surface area contributed by atoms with E-state index in [2.05, 4.69) is 10.3 Å². The van der Waals surface area contributed by atoms with Crippen molar-refractivity contribution in [3.63, 3.8) is 0 Å². The summed E-state index contributed by atoms with van der Waals surface area (Å²) in [7, 11) is -0.161. The maximum absolute atomic E-state index is 12.1. The molecule has 0 amide bonds. The largest absolute Gasteiger partial charge is 0.320 e. The van der Waals surface area contributed by atoms with Gasteiger partial charge in [0.15, 0.2) is 0 Å².